The summed E-state index contributed by atoms with van der Waals surface area (Å²) in [5, 5.41) is 3.37. The molecule has 1 N–H and O–H groups in total. The zero-order chi connectivity index (χ0) is 14.6. The van der Waals surface area contributed by atoms with Crippen molar-refractivity contribution in [1.82, 2.24) is 10.2 Å². The van der Waals surface area contributed by atoms with Gasteiger partial charge in [0.15, 0.2) is 9.84 Å². The summed E-state index contributed by atoms with van der Waals surface area (Å²) in [6, 6.07) is 2.08. The first-order chi connectivity index (χ1) is 9.50. The lowest BCUT2D eigenvalue weighted by atomic mass is 10.2. The van der Waals surface area contributed by atoms with Gasteiger partial charge in [-0.3, -0.25) is 4.90 Å². The third-order valence-electron chi connectivity index (χ3n) is 3.63. The van der Waals surface area contributed by atoms with Gasteiger partial charge in [0.25, 0.3) is 0 Å². The van der Waals surface area contributed by atoms with Gasteiger partial charge in [0, 0.05) is 25.2 Å². The molecule has 0 radical (unpaired) electrons. The molecule has 20 heavy (non-hydrogen) atoms. The van der Waals surface area contributed by atoms with E-state index in [-0.39, 0.29) is 11.5 Å². The fraction of sp³-hybridized carbons (Fsp3) is 0.714. The molecule has 0 saturated carbocycles. The van der Waals surface area contributed by atoms with Crippen molar-refractivity contribution in [2.75, 3.05) is 31.1 Å². The third kappa shape index (κ3) is 4.33. The minimum Gasteiger partial charge on any atom is -0.465 e. The van der Waals surface area contributed by atoms with Gasteiger partial charge in [0.2, 0.25) is 0 Å². The third-order valence-corrected chi connectivity index (χ3v) is 5.24. The van der Waals surface area contributed by atoms with Gasteiger partial charge in [0.05, 0.1) is 18.1 Å². The minimum atomic E-state index is -2.81. The molecule has 5 nitrogen and oxygen atoms in total. The van der Waals surface area contributed by atoms with E-state index < -0.39 is 9.84 Å². The van der Waals surface area contributed by atoms with Gasteiger partial charge in [-0.15, -0.1) is 0 Å². The molecule has 2 rings (SSSR count). The topological polar surface area (TPSA) is 62.6 Å². The van der Waals surface area contributed by atoms with Gasteiger partial charge in [-0.25, -0.2) is 8.42 Å². The van der Waals surface area contributed by atoms with Gasteiger partial charge >= 0.3 is 0 Å². The zero-order valence-electron chi connectivity index (χ0n) is 12.3. The Morgan fingerprint density at radius 2 is 2.05 bits per heavy atom. The van der Waals surface area contributed by atoms with E-state index in [0.29, 0.717) is 19.6 Å². The Labute approximate surface area is 121 Å². The molecule has 1 saturated heterocycles. The number of hydrogen-bond donors (Lipinski definition) is 1. The molecule has 1 fully saturated rings. The molecule has 1 aliphatic heterocycles. The number of sulfone groups is 1. The van der Waals surface area contributed by atoms with Crippen molar-refractivity contribution >= 4 is 9.84 Å². The van der Waals surface area contributed by atoms with Crippen molar-refractivity contribution in [3.8, 4) is 0 Å². The summed E-state index contributed by atoms with van der Waals surface area (Å²) in [6.45, 7) is 7.86. The zero-order valence-corrected chi connectivity index (χ0v) is 13.1. The van der Waals surface area contributed by atoms with E-state index in [1.807, 2.05) is 6.92 Å². The maximum Gasteiger partial charge on any atom is 0.152 e. The van der Waals surface area contributed by atoms with Crippen LogP contribution in [-0.4, -0.2) is 44.5 Å². The summed E-state index contributed by atoms with van der Waals surface area (Å²) in [6.07, 6.45) is 1.12. The van der Waals surface area contributed by atoms with Gasteiger partial charge in [0.1, 0.15) is 11.5 Å². The Balaban J connectivity index is 1.89. The minimum absolute atomic E-state index is 0.262. The molecule has 1 aliphatic rings. The first-order valence-electron chi connectivity index (χ1n) is 7.22. The van der Waals surface area contributed by atoms with Crippen LogP contribution in [0.4, 0.5) is 0 Å². The van der Waals surface area contributed by atoms with E-state index in [9.17, 15) is 8.42 Å². The Bertz CT molecular complexity index is 523. The quantitative estimate of drug-likeness (QED) is 0.803. The average Bonchev–Trinajstić information content (AvgIpc) is 2.73. The highest BCUT2D eigenvalue weighted by molar-refractivity contribution is 7.91. The smallest absolute Gasteiger partial charge is 0.152 e. The standard InChI is InChI=1S/C14H24N2O3S/c1-3-4-15-10-13-9-14(19-12(13)2)11-16-5-7-20(17,18)8-6-16/h9,15H,3-8,10-11H2,1-2H3. The number of furan rings is 1. The van der Waals surface area contributed by atoms with Crippen LogP contribution in [0.2, 0.25) is 0 Å². The van der Waals surface area contributed by atoms with E-state index >= 15 is 0 Å². The summed E-state index contributed by atoms with van der Waals surface area (Å²) in [5.41, 5.74) is 1.19. The number of nitrogens with one attached hydrogen (secondary N) is 1. The van der Waals surface area contributed by atoms with Crippen LogP contribution in [0.1, 0.15) is 30.4 Å². The summed E-state index contributed by atoms with van der Waals surface area (Å²) >= 11 is 0. The number of rotatable bonds is 6. The lowest BCUT2D eigenvalue weighted by Gasteiger charge is -2.25. The van der Waals surface area contributed by atoms with Gasteiger partial charge in [-0.05, 0) is 26.0 Å². The van der Waals surface area contributed by atoms with E-state index in [4.69, 9.17) is 4.42 Å². The van der Waals surface area contributed by atoms with Crippen LogP contribution in [-0.2, 0) is 22.9 Å². The maximum atomic E-state index is 11.4. The number of hydrogen-bond acceptors (Lipinski definition) is 5. The normalized spacial score (nSPS) is 19.3. The van der Waals surface area contributed by atoms with Crippen LogP contribution in [0.5, 0.6) is 0 Å². The Morgan fingerprint density at radius 1 is 1.35 bits per heavy atom. The molecule has 114 valence electrons. The van der Waals surface area contributed by atoms with Crippen molar-refractivity contribution in [3.63, 3.8) is 0 Å². The van der Waals surface area contributed by atoms with Crippen molar-refractivity contribution < 1.29 is 12.8 Å². The molecule has 0 unspecified atom stereocenters. The predicted molar refractivity (Wildman–Crippen MR) is 79.4 cm³/mol. The number of aryl methyl sites for hydroxylation is 1. The van der Waals surface area contributed by atoms with Gasteiger partial charge in [-0.2, -0.15) is 0 Å². The summed E-state index contributed by atoms with van der Waals surface area (Å²) < 4.78 is 28.6. The van der Waals surface area contributed by atoms with Crippen molar-refractivity contribution in [3.05, 3.63) is 23.2 Å². The van der Waals surface area contributed by atoms with Gasteiger partial charge < -0.3 is 9.73 Å². The second kappa shape index (κ2) is 6.74. The lowest BCUT2D eigenvalue weighted by Crippen LogP contribution is -2.39. The number of nitrogens with zero attached hydrogens (tertiary/aromatic N) is 1. The van der Waals surface area contributed by atoms with Crippen molar-refractivity contribution in [2.24, 2.45) is 0 Å². The fourth-order valence-corrected chi connectivity index (χ4v) is 3.65. The molecule has 0 amide bonds. The monoisotopic (exact) mass is 300 g/mol. The second-order valence-electron chi connectivity index (χ2n) is 5.40. The largest absolute Gasteiger partial charge is 0.465 e. The molecule has 1 aromatic heterocycles. The molecule has 0 atom stereocenters. The molecule has 2 heterocycles. The maximum absolute atomic E-state index is 11.4. The Hall–Kier alpha value is -0.850. The van der Waals surface area contributed by atoms with Crippen molar-refractivity contribution in [2.45, 2.75) is 33.4 Å². The van der Waals surface area contributed by atoms with E-state index in [0.717, 1.165) is 31.0 Å². The molecule has 0 aromatic carbocycles. The highest BCUT2D eigenvalue weighted by Gasteiger charge is 2.22. The van der Waals surface area contributed by atoms with Crippen LogP contribution in [0.15, 0.2) is 10.5 Å². The SMILES string of the molecule is CCCNCc1cc(CN2CCS(=O)(=O)CC2)oc1C. The Kier molecular flexibility index (Phi) is 5.23. The van der Waals surface area contributed by atoms with E-state index in [1.54, 1.807) is 0 Å². The summed E-state index contributed by atoms with van der Waals surface area (Å²) in [5.74, 6) is 2.40. The first kappa shape index (κ1) is 15.5. The fourth-order valence-electron chi connectivity index (χ4n) is 2.37. The van der Waals surface area contributed by atoms with Crippen LogP contribution in [0, 0.1) is 6.92 Å². The molecular weight excluding hydrogens is 276 g/mol. The van der Waals surface area contributed by atoms with Crippen LogP contribution in [0.25, 0.3) is 0 Å². The van der Waals surface area contributed by atoms with Crippen LogP contribution < -0.4 is 5.32 Å². The molecule has 0 spiro atoms. The van der Waals surface area contributed by atoms with Gasteiger partial charge in [-0.1, -0.05) is 6.92 Å². The average molecular weight is 300 g/mol. The highest BCUT2D eigenvalue weighted by Crippen LogP contribution is 2.17. The first-order valence-corrected chi connectivity index (χ1v) is 9.04. The van der Waals surface area contributed by atoms with Crippen LogP contribution >= 0.6 is 0 Å². The van der Waals surface area contributed by atoms with Crippen molar-refractivity contribution in [1.29, 1.82) is 0 Å². The Morgan fingerprint density at radius 3 is 2.70 bits per heavy atom. The van der Waals surface area contributed by atoms with Crippen LogP contribution in [0.3, 0.4) is 0 Å². The molecule has 0 bridgehead atoms. The highest BCUT2D eigenvalue weighted by atomic mass is 32.2. The summed E-state index contributed by atoms with van der Waals surface area (Å²) in [7, 11) is -2.81. The molecule has 6 heteroatoms. The van der Waals surface area contributed by atoms with E-state index in [2.05, 4.69) is 23.2 Å². The predicted octanol–water partition coefficient (Wildman–Crippen LogP) is 1.32. The molecule has 0 aliphatic carbocycles. The molecule has 1 aromatic rings. The van der Waals surface area contributed by atoms with E-state index in [1.165, 1.54) is 5.56 Å². The second-order valence-corrected chi connectivity index (χ2v) is 7.70. The molecular formula is C14H24N2O3S. The lowest BCUT2D eigenvalue weighted by molar-refractivity contribution is 0.260. The summed E-state index contributed by atoms with van der Waals surface area (Å²) in [4.78, 5) is 2.14.